The molecule has 2 heterocycles. The molecule has 0 atom stereocenters. The quantitative estimate of drug-likeness (QED) is 0.636. The summed E-state index contributed by atoms with van der Waals surface area (Å²) in [6.07, 6.45) is 3.08. The van der Waals surface area contributed by atoms with Crippen molar-refractivity contribution in [2.75, 3.05) is 43.6 Å². The predicted octanol–water partition coefficient (Wildman–Crippen LogP) is 1.17. The maximum Gasteiger partial charge on any atom is 0.148 e. The first-order valence-corrected chi connectivity index (χ1v) is 7.43. The van der Waals surface area contributed by atoms with E-state index in [-0.39, 0.29) is 0 Å². The molecular weight excluding hydrogens is 252 g/mol. The van der Waals surface area contributed by atoms with Gasteiger partial charge in [0.2, 0.25) is 0 Å². The van der Waals surface area contributed by atoms with Crippen LogP contribution in [0.25, 0.3) is 0 Å². The highest BCUT2D eigenvalue weighted by molar-refractivity contribution is 5.58. The molecule has 6 heteroatoms. The van der Waals surface area contributed by atoms with Crippen molar-refractivity contribution in [2.45, 2.75) is 33.1 Å². The number of hydrogen-bond acceptors (Lipinski definition) is 6. The fraction of sp³-hybridized carbons (Fsp3) is 0.714. The third-order valence-electron chi connectivity index (χ3n) is 3.80. The molecule has 20 heavy (non-hydrogen) atoms. The Labute approximate surface area is 121 Å². The van der Waals surface area contributed by atoms with Crippen molar-refractivity contribution in [3.63, 3.8) is 0 Å². The normalized spacial score (nSPS) is 17.1. The molecule has 0 bridgehead atoms. The van der Waals surface area contributed by atoms with Gasteiger partial charge in [0.05, 0.1) is 0 Å². The lowest BCUT2D eigenvalue weighted by Crippen LogP contribution is -2.31. The zero-order valence-electron chi connectivity index (χ0n) is 12.8. The first-order valence-electron chi connectivity index (χ1n) is 7.43. The van der Waals surface area contributed by atoms with Gasteiger partial charge in [0.15, 0.2) is 0 Å². The zero-order valence-corrected chi connectivity index (χ0v) is 12.8. The zero-order chi connectivity index (χ0) is 14.5. The lowest BCUT2D eigenvalue weighted by atomic mass is 10.2. The van der Waals surface area contributed by atoms with Crippen LogP contribution in [-0.4, -0.2) is 48.1 Å². The lowest BCUT2D eigenvalue weighted by molar-refractivity contribution is 0.360. The van der Waals surface area contributed by atoms with E-state index < -0.39 is 0 Å². The number of nitrogens with zero attached hydrogens (tertiary/aromatic N) is 4. The number of nitrogen functional groups attached to an aromatic ring is 1. The molecule has 1 fully saturated rings. The molecule has 0 amide bonds. The molecule has 112 valence electrons. The third kappa shape index (κ3) is 3.37. The van der Waals surface area contributed by atoms with Crippen LogP contribution >= 0.6 is 0 Å². The fourth-order valence-corrected chi connectivity index (χ4v) is 2.59. The van der Waals surface area contributed by atoms with Gasteiger partial charge in [-0.1, -0.05) is 6.92 Å². The average molecular weight is 278 g/mol. The first kappa shape index (κ1) is 15.0. The van der Waals surface area contributed by atoms with Crippen LogP contribution in [0.2, 0.25) is 0 Å². The Kier molecular flexibility index (Phi) is 5.14. The number of hydrogen-bond donors (Lipinski definition) is 2. The van der Waals surface area contributed by atoms with Gasteiger partial charge in [-0.15, -0.1) is 0 Å². The number of nitrogens with two attached hydrogens (primary N) is 1. The second-order valence-corrected chi connectivity index (χ2v) is 5.48. The van der Waals surface area contributed by atoms with E-state index in [1.807, 2.05) is 6.92 Å². The molecular formula is C14H26N6. The molecule has 1 aromatic rings. The Balaban J connectivity index is 2.30. The second-order valence-electron chi connectivity index (χ2n) is 5.48. The summed E-state index contributed by atoms with van der Waals surface area (Å²) in [6.45, 7) is 8.43. The third-order valence-corrected chi connectivity index (χ3v) is 3.80. The summed E-state index contributed by atoms with van der Waals surface area (Å²) in [5, 5.41) is 0. The Morgan fingerprint density at radius 3 is 2.70 bits per heavy atom. The van der Waals surface area contributed by atoms with Crippen LogP contribution in [0.3, 0.4) is 0 Å². The van der Waals surface area contributed by atoms with Crippen LogP contribution in [0, 0.1) is 6.92 Å². The fourth-order valence-electron chi connectivity index (χ4n) is 2.59. The highest BCUT2D eigenvalue weighted by atomic mass is 15.3. The van der Waals surface area contributed by atoms with Crippen LogP contribution in [0.1, 0.15) is 31.2 Å². The van der Waals surface area contributed by atoms with Crippen molar-refractivity contribution in [3.05, 3.63) is 11.4 Å². The molecule has 1 aromatic heterocycles. The van der Waals surface area contributed by atoms with Crippen LogP contribution in [0.5, 0.6) is 0 Å². The number of hydrazine groups is 1. The number of aryl methyl sites for hydroxylation is 1. The first-order chi connectivity index (χ1) is 9.65. The van der Waals surface area contributed by atoms with Crippen molar-refractivity contribution < 1.29 is 0 Å². The molecule has 0 spiro atoms. The summed E-state index contributed by atoms with van der Waals surface area (Å²) in [6, 6.07) is 0. The van der Waals surface area contributed by atoms with E-state index in [1.54, 1.807) is 0 Å². The molecule has 3 N–H and O–H groups in total. The molecule has 0 unspecified atom stereocenters. The van der Waals surface area contributed by atoms with E-state index in [1.165, 1.54) is 0 Å². The highest BCUT2D eigenvalue weighted by Crippen LogP contribution is 2.24. The number of rotatable bonds is 4. The minimum Gasteiger partial charge on any atom is -0.355 e. The predicted molar refractivity (Wildman–Crippen MR) is 82.9 cm³/mol. The van der Waals surface area contributed by atoms with Crippen LogP contribution in [0.15, 0.2) is 0 Å². The summed E-state index contributed by atoms with van der Waals surface area (Å²) < 4.78 is 0. The second kappa shape index (κ2) is 6.85. The number of anilines is 2. The molecule has 1 aliphatic heterocycles. The van der Waals surface area contributed by atoms with Gasteiger partial charge in [-0.2, -0.15) is 0 Å². The minimum atomic E-state index is 0.746. The summed E-state index contributed by atoms with van der Waals surface area (Å²) in [4.78, 5) is 14.0. The number of likely N-dealkylation sites (N-methyl/N-ethyl adjacent to an activating group) is 1. The SMILES string of the molecule is CCCc1nc(NN)c(C)c(N2CCCN(C)CC2)n1. The van der Waals surface area contributed by atoms with Gasteiger partial charge >= 0.3 is 0 Å². The van der Waals surface area contributed by atoms with Gasteiger partial charge in [0.1, 0.15) is 17.5 Å². The topological polar surface area (TPSA) is 70.3 Å². The van der Waals surface area contributed by atoms with Crippen LogP contribution in [0.4, 0.5) is 11.6 Å². The Hall–Kier alpha value is -1.40. The molecule has 1 saturated heterocycles. The largest absolute Gasteiger partial charge is 0.355 e. The van der Waals surface area contributed by atoms with Gasteiger partial charge in [-0.3, -0.25) is 0 Å². The molecule has 0 aromatic carbocycles. The molecule has 1 aliphatic rings. The van der Waals surface area contributed by atoms with E-state index in [0.29, 0.717) is 0 Å². The van der Waals surface area contributed by atoms with Crippen molar-refractivity contribution in [3.8, 4) is 0 Å². The van der Waals surface area contributed by atoms with Gasteiger partial charge < -0.3 is 15.2 Å². The van der Waals surface area contributed by atoms with Gasteiger partial charge in [-0.25, -0.2) is 15.8 Å². The lowest BCUT2D eigenvalue weighted by Gasteiger charge is -2.24. The minimum absolute atomic E-state index is 0.746. The molecule has 2 rings (SSSR count). The molecule has 6 nitrogen and oxygen atoms in total. The number of aromatic nitrogens is 2. The van der Waals surface area contributed by atoms with Crippen molar-refractivity contribution in [1.82, 2.24) is 14.9 Å². The Bertz CT molecular complexity index is 448. The standard InChI is InChI=1S/C14H26N6/c1-4-6-12-16-13(18-15)11(2)14(17-12)20-8-5-7-19(3)9-10-20/h4-10,15H2,1-3H3,(H,16,17,18). The maximum atomic E-state index is 5.60. The average Bonchev–Trinajstić information content (AvgIpc) is 2.65. The summed E-state index contributed by atoms with van der Waals surface area (Å²) >= 11 is 0. The van der Waals surface area contributed by atoms with E-state index in [0.717, 1.165) is 68.5 Å². The van der Waals surface area contributed by atoms with Gasteiger partial charge in [0.25, 0.3) is 0 Å². The van der Waals surface area contributed by atoms with Crippen molar-refractivity contribution in [2.24, 2.45) is 5.84 Å². The van der Waals surface area contributed by atoms with Crippen LogP contribution in [-0.2, 0) is 6.42 Å². The summed E-state index contributed by atoms with van der Waals surface area (Å²) in [5.41, 5.74) is 3.75. The molecule has 0 aliphatic carbocycles. The smallest absolute Gasteiger partial charge is 0.148 e. The van der Waals surface area contributed by atoms with E-state index in [9.17, 15) is 0 Å². The highest BCUT2D eigenvalue weighted by Gasteiger charge is 2.18. The molecule has 0 saturated carbocycles. The van der Waals surface area contributed by atoms with E-state index in [4.69, 9.17) is 10.8 Å². The van der Waals surface area contributed by atoms with Crippen LogP contribution < -0.4 is 16.2 Å². The molecule has 0 radical (unpaired) electrons. The Morgan fingerprint density at radius 1 is 1.20 bits per heavy atom. The summed E-state index contributed by atoms with van der Waals surface area (Å²) in [5.74, 6) is 8.25. The maximum absolute atomic E-state index is 5.60. The monoisotopic (exact) mass is 278 g/mol. The summed E-state index contributed by atoms with van der Waals surface area (Å²) in [7, 11) is 2.17. The van der Waals surface area contributed by atoms with E-state index in [2.05, 4.69) is 34.2 Å². The van der Waals surface area contributed by atoms with Gasteiger partial charge in [-0.05, 0) is 33.4 Å². The van der Waals surface area contributed by atoms with E-state index >= 15 is 0 Å². The number of nitrogens with one attached hydrogen (secondary N) is 1. The van der Waals surface area contributed by atoms with Gasteiger partial charge in [0, 0.05) is 31.6 Å². The van der Waals surface area contributed by atoms with Crippen molar-refractivity contribution >= 4 is 11.6 Å². The van der Waals surface area contributed by atoms with Crippen molar-refractivity contribution in [1.29, 1.82) is 0 Å². The Morgan fingerprint density at radius 2 is 2.00 bits per heavy atom.